The lowest BCUT2D eigenvalue weighted by atomic mass is 10.2. The van der Waals surface area contributed by atoms with Crippen LogP contribution in [-0.4, -0.2) is 40.3 Å². The fourth-order valence-corrected chi connectivity index (χ4v) is 1.71. The molecule has 1 rings (SSSR count). The van der Waals surface area contributed by atoms with Crippen LogP contribution in [0.3, 0.4) is 0 Å². The fraction of sp³-hybridized carbons (Fsp3) is 0.727. The standard InChI is InChI=1S/C11H19F3N6/c1-4-20(5-2)10-18-8(15)17-9(19-10)16-7(3)6-11(12,13)14/h7H,4-6H2,1-3H3,(H3,15,16,17,18,19). The lowest BCUT2D eigenvalue weighted by Gasteiger charge is -2.20. The van der Waals surface area contributed by atoms with Gasteiger partial charge in [0.2, 0.25) is 17.8 Å². The molecule has 6 nitrogen and oxygen atoms in total. The number of hydrogen-bond donors (Lipinski definition) is 2. The summed E-state index contributed by atoms with van der Waals surface area (Å²) in [5, 5.41) is 2.59. The number of aromatic nitrogens is 3. The van der Waals surface area contributed by atoms with Crippen LogP contribution in [0, 0.1) is 0 Å². The number of hydrogen-bond acceptors (Lipinski definition) is 6. The van der Waals surface area contributed by atoms with Gasteiger partial charge in [-0.1, -0.05) is 0 Å². The first kappa shape index (κ1) is 16.3. The van der Waals surface area contributed by atoms with Gasteiger partial charge in [-0.3, -0.25) is 0 Å². The van der Waals surface area contributed by atoms with Crippen LogP contribution in [0.15, 0.2) is 0 Å². The maximum Gasteiger partial charge on any atom is 0.391 e. The first-order valence-electron chi connectivity index (χ1n) is 6.35. The van der Waals surface area contributed by atoms with Crippen molar-refractivity contribution in [1.29, 1.82) is 0 Å². The van der Waals surface area contributed by atoms with Crippen molar-refractivity contribution in [2.24, 2.45) is 0 Å². The Hall–Kier alpha value is -1.80. The third-order valence-electron chi connectivity index (χ3n) is 2.60. The Labute approximate surface area is 115 Å². The molecule has 0 aliphatic carbocycles. The van der Waals surface area contributed by atoms with Crippen LogP contribution in [0.4, 0.5) is 31.0 Å². The van der Waals surface area contributed by atoms with Crippen molar-refractivity contribution in [3.63, 3.8) is 0 Å². The van der Waals surface area contributed by atoms with Crippen LogP contribution < -0.4 is 16.0 Å². The topological polar surface area (TPSA) is 80.0 Å². The van der Waals surface area contributed by atoms with Gasteiger partial charge in [0.05, 0.1) is 6.42 Å². The Morgan fingerprint density at radius 2 is 1.80 bits per heavy atom. The third-order valence-corrected chi connectivity index (χ3v) is 2.60. The smallest absolute Gasteiger partial charge is 0.368 e. The predicted molar refractivity (Wildman–Crippen MR) is 71.6 cm³/mol. The van der Waals surface area contributed by atoms with Crippen molar-refractivity contribution in [1.82, 2.24) is 15.0 Å². The molecule has 0 aliphatic heterocycles. The van der Waals surface area contributed by atoms with E-state index in [1.165, 1.54) is 6.92 Å². The number of rotatable bonds is 6. The summed E-state index contributed by atoms with van der Waals surface area (Å²) in [6.07, 6.45) is -5.22. The highest BCUT2D eigenvalue weighted by molar-refractivity contribution is 5.42. The first-order chi connectivity index (χ1) is 9.25. The number of nitrogens with two attached hydrogens (primary N) is 1. The van der Waals surface area contributed by atoms with Gasteiger partial charge in [-0.2, -0.15) is 28.1 Å². The Bertz CT molecular complexity index is 433. The lowest BCUT2D eigenvalue weighted by Crippen LogP contribution is -2.28. The molecular weight excluding hydrogens is 273 g/mol. The monoisotopic (exact) mass is 292 g/mol. The first-order valence-corrected chi connectivity index (χ1v) is 6.35. The molecule has 0 fully saturated rings. The predicted octanol–water partition coefficient (Wildman–Crippen LogP) is 2.05. The van der Waals surface area contributed by atoms with E-state index in [9.17, 15) is 13.2 Å². The third kappa shape index (κ3) is 5.06. The summed E-state index contributed by atoms with van der Waals surface area (Å²) in [5.41, 5.74) is 5.56. The molecule has 20 heavy (non-hydrogen) atoms. The average molecular weight is 292 g/mol. The molecule has 1 heterocycles. The molecule has 0 amide bonds. The minimum Gasteiger partial charge on any atom is -0.368 e. The van der Waals surface area contributed by atoms with Crippen molar-refractivity contribution in [3.8, 4) is 0 Å². The van der Waals surface area contributed by atoms with Crippen molar-refractivity contribution < 1.29 is 13.2 Å². The highest BCUT2D eigenvalue weighted by atomic mass is 19.4. The summed E-state index contributed by atoms with van der Waals surface area (Å²) in [5.74, 6) is 0.379. The molecule has 0 bridgehead atoms. The summed E-state index contributed by atoms with van der Waals surface area (Å²) >= 11 is 0. The molecule has 1 atom stereocenters. The second kappa shape index (κ2) is 6.58. The van der Waals surface area contributed by atoms with Crippen molar-refractivity contribution >= 4 is 17.8 Å². The zero-order valence-electron chi connectivity index (χ0n) is 11.7. The van der Waals surface area contributed by atoms with E-state index < -0.39 is 18.6 Å². The largest absolute Gasteiger partial charge is 0.391 e. The summed E-state index contributed by atoms with van der Waals surface area (Å²) in [4.78, 5) is 13.7. The minimum atomic E-state index is -4.24. The maximum absolute atomic E-state index is 12.3. The molecule has 114 valence electrons. The van der Waals surface area contributed by atoms with E-state index >= 15 is 0 Å². The number of nitrogens with zero attached hydrogens (tertiary/aromatic N) is 4. The molecule has 1 aromatic rings. The summed E-state index contributed by atoms with van der Waals surface area (Å²) in [6, 6.07) is -0.846. The highest BCUT2D eigenvalue weighted by Gasteiger charge is 2.30. The van der Waals surface area contributed by atoms with E-state index in [1.807, 2.05) is 18.7 Å². The zero-order valence-corrected chi connectivity index (χ0v) is 11.7. The van der Waals surface area contributed by atoms with Crippen LogP contribution in [-0.2, 0) is 0 Å². The average Bonchev–Trinajstić information content (AvgIpc) is 2.26. The van der Waals surface area contributed by atoms with E-state index in [0.29, 0.717) is 19.0 Å². The summed E-state index contributed by atoms with van der Waals surface area (Å²) < 4.78 is 36.8. The van der Waals surface area contributed by atoms with E-state index in [0.717, 1.165) is 0 Å². The molecule has 0 aromatic carbocycles. The van der Waals surface area contributed by atoms with Gasteiger partial charge >= 0.3 is 6.18 Å². The van der Waals surface area contributed by atoms with Crippen molar-refractivity contribution in [2.45, 2.75) is 39.4 Å². The summed E-state index contributed by atoms with van der Waals surface area (Å²) in [7, 11) is 0. The van der Waals surface area contributed by atoms with Crippen molar-refractivity contribution in [3.05, 3.63) is 0 Å². The molecule has 1 unspecified atom stereocenters. The lowest BCUT2D eigenvalue weighted by molar-refractivity contribution is -0.136. The molecule has 0 radical (unpaired) electrons. The van der Waals surface area contributed by atoms with Gasteiger partial charge in [-0.25, -0.2) is 0 Å². The van der Waals surface area contributed by atoms with Gasteiger partial charge in [0, 0.05) is 19.1 Å². The van der Waals surface area contributed by atoms with Gasteiger partial charge in [0.15, 0.2) is 0 Å². The van der Waals surface area contributed by atoms with Gasteiger partial charge in [-0.15, -0.1) is 0 Å². The maximum atomic E-state index is 12.3. The van der Waals surface area contributed by atoms with E-state index in [4.69, 9.17) is 5.73 Å². The van der Waals surface area contributed by atoms with E-state index in [-0.39, 0.29) is 11.9 Å². The van der Waals surface area contributed by atoms with E-state index in [2.05, 4.69) is 20.3 Å². The molecule has 0 spiro atoms. The molecule has 9 heteroatoms. The van der Waals surface area contributed by atoms with Crippen LogP contribution in [0.1, 0.15) is 27.2 Å². The SMILES string of the molecule is CCN(CC)c1nc(N)nc(NC(C)CC(F)(F)F)n1. The van der Waals surface area contributed by atoms with Gasteiger partial charge in [0.1, 0.15) is 0 Å². The Balaban J connectivity index is 2.85. The Morgan fingerprint density at radius 1 is 1.20 bits per heavy atom. The van der Waals surface area contributed by atoms with E-state index in [1.54, 1.807) is 0 Å². The van der Waals surface area contributed by atoms with Crippen LogP contribution >= 0.6 is 0 Å². The second-order valence-corrected chi connectivity index (χ2v) is 4.35. The highest BCUT2D eigenvalue weighted by Crippen LogP contribution is 2.23. The molecule has 0 aliphatic rings. The number of halogens is 3. The quantitative estimate of drug-likeness (QED) is 0.835. The van der Waals surface area contributed by atoms with Gasteiger partial charge < -0.3 is 16.0 Å². The van der Waals surface area contributed by atoms with Crippen LogP contribution in [0.2, 0.25) is 0 Å². The normalized spacial score (nSPS) is 13.1. The molecule has 0 saturated heterocycles. The van der Waals surface area contributed by atoms with Crippen LogP contribution in [0.25, 0.3) is 0 Å². The number of nitrogen functional groups attached to an aromatic ring is 1. The number of anilines is 3. The fourth-order valence-electron chi connectivity index (χ4n) is 1.71. The van der Waals surface area contributed by atoms with Gasteiger partial charge in [0.25, 0.3) is 0 Å². The molecule has 3 N–H and O–H groups in total. The molecule has 1 aromatic heterocycles. The minimum absolute atomic E-state index is 0.0244. The summed E-state index contributed by atoms with van der Waals surface area (Å²) in [6.45, 7) is 6.57. The Morgan fingerprint density at radius 3 is 2.30 bits per heavy atom. The Kier molecular flexibility index (Phi) is 5.34. The van der Waals surface area contributed by atoms with Crippen molar-refractivity contribution in [2.75, 3.05) is 29.0 Å². The molecule has 0 saturated carbocycles. The molecular formula is C11H19F3N6. The number of alkyl halides is 3. The number of nitrogens with one attached hydrogen (secondary N) is 1. The second-order valence-electron chi connectivity index (χ2n) is 4.35. The van der Waals surface area contributed by atoms with Crippen LogP contribution in [0.5, 0.6) is 0 Å². The zero-order chi connectivity index (χ0) is 15.3. The van der Waals surface area contributed by atoms with Gasteiger partial charge in [-0.05, 0) is 20.8 Å².